The second-order valence-electron chi connectivity index (χ2n) is 3.05. The van der Waals surface area contributed by atoms with Crippen LogP contribution in [0.2, 0.25) is 0 Å². The molecular weight excluding hydrogens is 210 g/mol. The Morgan fingerprint density at radius 1 is 1.62 bits per heavy atom. The zero-order valence-electron chi connectivity index (χ0n) is 9.14. The van der Waals surface area contributed by atoms with Gasteiger partial charge in [0.1, 0.15) is 0 Å². The van der Waals surface area contributed by atoms with Gasteiger partial charge >= 0.3 is 5.97 Å². The fourth-order valence-electron chi connectivity index (χ4n) is 1.08. The van der Waals surface area contributed by atoms with E-state index in [0.29, 0.717) is 25.7 Å². The van der Waals surface area contributed by atoms with Gasteiger partial charge in [-0.1, -0.05) is 0 Å². The fraction of sp³-hybridized carbons (Fsp3) is 0.500. The number of nitrogens with one attached hydrogen (secondary N) is 1. The van der Waals surface area contributed by atoms with Gasteiger partial charge in [0, 0.05) is 26.0 Å². The number of nitrogens with zero attached hydrogens (tertiary/aromatic N) is 2. The first-order chi connectivity index (χ1) is 7.74. The van der Waals surface area contributed by atoms with Crippen LogP contribution in [0.1, 0.15) is 23.8 Å². The van der Waals surface area contributed by atoms with Crippen LogP contribution in [0.15, 0.2) is 12.3 Å². The second-order valence-corrected chi connectivity index (χ2v) is 3.05. The molecule has 0 bridgehead atoms. The highest BCUT2D eigenvalue weighted by atomic mass is 16.5. The summed E-state index contributed by atoms with van der Waals surface area (Å²) >= 11 is 0. The Kier molecular flexibility index (Phi) is 5.21. The van der Waals surface area contributed by atoms with Crippen molar-refractivity contribution in [3.05, 3.63) is 18.0 Å². The average Bonchev–Trinajstić information content (AvgIpc) is 2.29. The molecule has 1 rings (SSSR count). The molecule has 0 aliphatic heterocycles. The molecule has 1 heterocycles. The number of hydrogen-bond donors (Lipinski definition) is 2. The Labute approximate surface area is 93.7 Å². The van der Waals surface area contributed by atoms with E-state index in [1.54, 1.807) is 0 Å². The Balaban J connectivity index is 2.36. The van der Waals surface area contributed by atoms with E-state index < -0.39 is 5.97 Å². The predicted octanol–water partition coefficient (Wildman–Crippen LogP) is 1.01. The molecule has 0 radical (unpaired) electrons. The number of aromatic carboxylic acids is 1. The monoisotopic (exact) mass is 225 g/mol. The lowest BCUT2D eigenvalue weighted by Gasteiger charge is -2.04. The molecule has 2 N–H and O–H groups in total. The van der Waals surface area contributed by atoms with Crippen LogP contribution in [0.25, 0.3) is 0 Å². The molecule has 16 heavy (non-hydrogen) atoms. The van der Waals surface area contributed by atoms with E-state index in [0.717, 1.165) is 6.42 Å². The van der Waals surface area contributed by atoms with Gasteiger partial charge in [0.05, 0.1) is 0 Å². The lowest BCUT2D eigenvalue weighted by molar-refractivity contribution is 0.0690. The largest absolute Gasteiger partial charge is 0.477 e. The standard InChI is InChI=1S/C10H15N3O3/c1-2-16-7-3-5-11-10-12-6-4-8(13-10)9(14)15/h4,6H,2-3,5,7H2,1H3,(H,14,15)(H,11,12,13). The SMILES string of the molecule is CCOCCCNc1nccc(C(=O)O)n1. The maximum atomic E-state index is 10.6. The third-order valence-electron chi connectivity index (χ3n) is 1.83. The van der Waals surface area contributed by atoms with Crippen LogP contribution in [-0.2, 0) is 4.74 Å². The van der Waals surface area contributed by atoms with E-state index in [9.17, 15) is 4.79 Å². The predicted molar refractivity (Wildman–Crippen MR) is 58.6 cm³/mol. The quantitative estimate of drug-likeness (QED) is 0.674. The average molecular weight is 225 g/mol. The zero-order valence-corrected chi connectivity index (χ0v) is 9.14. The summed E-state index contributed by atoms with van der Waals surface area (Å²) in [5.74, 6) is -0.726. The van der Waals surface area contributed by atoms with Crippen molar-refractivity contribution in [2.75, 3.05) is 25.1 Å². The van der Waals surface area contributed by atoms with Crippen LogP contribution in [0, 0.1) is 0 Å². The van der Waals surface area contributed by atoms with Gasteiger partial charge in [-0.3, -0.25) is 0 Å². The van der Waals surface area contributed by atoms with Crippen molar-refractivity contribution in [2.24, 2.45) is 0 Å². The summed E-state index contributed by atoms with van der Waals surface area (Å²) in [5.41, 5.74) is -0.0118. The molecule has 0 unspecified atom stereocenters. The second kappa shape index (κ2) is 6.73. The van der Waals surface area contributed by atoms with E-state index in [1.165, 1.54) is 12.3 Å². The fourth-order valence-corrected chi connectivity index (χ4v) is 1.08. The van der Waals surface area contributed by atoms with Gasteiger partial charge < -0.3 is 15.2 Å². The molecule has 0 amide bonds. The van der Waals surface area contributed by atoms with Gasteiger partial charge in [-0.05, 0) is 19.4 Å². The molecule has 0 aliphatic carbocycles. The van der Waals surface area contributed by atoms with E-state index in [2.05, 4.69) is 15.3 Å². The van der Waals surface area contributed by atoms with Crippen LogP contribution in [0.3, 0.4) is 0 Å². The van der Waals surface area contributed by atoms with Crippen molar-refractivity contribution in [2.45, 2.75) is 13.3 Å². The summed E-state index contributed by atoms with van der Waals surface area (Å²) in [6, 6.07) is 1.35. The molecule has 1 aromatic rings. The molecule has 0 saturated heterocycles. The molecule has 0 fully saturated rings. The number of carbonyl (C=O) groups is 1. The molecule has 0 aliphatic rings. The smallest absolute Gasteiger partial charge is 0.354 e. The lowest BCUT2D eigenvalue weighted by Crippen LogP contribution is -2.10. The molecule has 0 spiro atoms. The van der Waals surface area contributed by atoms with E-state index in [1.807, 2.05) is 6.92 Å². The highest BCUT2D eigenvalue weighted by molar-refractivity contribution is 5.85. The molecule has 0 saturated carbocycles. The Morgan fingerprint density at radius 2 is 2.44 bits per heavy atom. The highest BCUT2D eigenvalue weighted by Crippen LogP contribution is 2.00. The first-order valence-corrected chi connectivity index (χ1v) is 5.12. The summed E-state index contributed by atoms with van der Waals surface area (Å²) < 4.78 is 5.16. The maximum Gasteiger partial charge on any atom is 0.354 e. The maximum absolute atomic E-state index is 10.6. The van der Waals surface area contributed by atoms with Crippen LogP contribution in [0.5, 0.6) is 0 Å². The van der Waals surface area contributed by atoms with Crippen molar-refractivity contribution >= 4 is 11.9 Å². The molecule has 88 valence electrons. The van der Waals surface area contributed by atoms with Crippen LogP contribution < -0.4 is 5.32 Å². The topological polar surface area (TPSA) is 84.3 Å². The number of hydrogen-bond acceptors (Lipinski definition) is 5. The number of rotatable bonds is 7. The zero-order chi connectivity index (χ0) is 11.8. The van der Waals surface area contributed by atoms with Gasteiger partial charge in [0.25, 0.3) is 0 Å². The summed E-state index contributed by atoms with van der Waals surface area (Å²) in [4.78, 5) is 18.4. The Morgan fingerprint density at radius 3 is 3.12 bits per heavy atom. The Hall–Kier alpha value is -1.69. The number of ether oxygens (including phenoxy) is 1. The van der Waals surface area contributed by atoms with E-state index in [4.69, 9.17) is 9.84 Å². The third kappa shape index (κ3) is 4.22. The molecule has 0 atom stereocenters. The van der Waals surface area contributed by atoms with Crippen LogP contribution in [0.4, 0.5) is 5.95 Å². The number of anilines is 1. The molecular formula is C10H15N3O3. The number of carboxylic acids is 1. The van der Waals surface area contributed by atoms with Crippen molar-refractivity contribution in [1.29, 1.82) is 0 Å². The minimum Gasteiger partial charge on any atom is -0.477 e. The summed E-state index contributed by atoms with van der Waals surface area (Å²) in [6.45, 7) is 3.96. The van der Waals surface area contributed by atoms with Crippen molar-refractivity contribution in [1.82, 2.24) is 9.97 Å². The molecule has 6 nitrogen and oxygen atoms in total. The van der Waals surface area contributed by atoms with Crippen molar-refractivity contribution in [3.63, 3.8) is 0 Å². The van der Waals surface area contributed by atoms with E-state index >= 15 is 0 Å². The number of carboxylic acid groups (broad SMARTS) is 1. The number of aromatic nitrogens is 2. The third-order valence-corrected chi connectivity index (χ3v) is 1.83. The highest BCUT2D eigenvalue weighted by Gasteiger charge is 2.05. The van der Waals surface area contributed by atoms with Gasteiger partial charge in [-0.15, -0.1) is 0 Å². The molecule has 6 heteroatoms. The summed E-state index contributed by atoms with van der Waals surface area (Å²) in [6.07, 6.45) is 2.25. The van der Waals surface area contributed by atoms with Crippen molar-refractivity contribution < 1.29 is 14.6 Å². The molecule has 1 aromatic heterocycles. The first kappa shape index (κ1) is 12.4. The van der Waals surface area contributed by atoms with Gasteiger partial charge in [0.2, 0.25) is 5.95 Å². The first-order valence-electron chi connectivity index (χ1n) is 5.12. The summed E-state index contributed by atoms with van der Waals surface area (Å²) in [5, 5.41) is 11.6. The van der Waals surface area contributed by atoms with Crippen LogP contribution in [-0.4, -0.2) is 40.8 Å². The lowest BCUT2D eigenvalue weighted by atomic mass is 10.4. The van der Waals surface area contributed by atoms with Gasteiger partial charge in [-0.25, -0.2) is 14.8 Å². The minimum atomic E-state index is -1.06. The minimum absolute atomic E-state index is 0.0118. The van der Waals surface area contributed by atoms with Crippen molar-refractivity contribution in [3.8, 4) is 0 Å². The normalized spacial score (nSPS) is 10.1. The van der Waals surface area contributed by atoms with Crippen LogP contribution >= 0.6 is 0 Å². The Bertz CT molecular complexity index is 344. The van der Waals surface area contributed by atoms with Gasteiger partial charge in [-0.2, -0.15) is 0 Å². The summed E-state index contributed by atoms with van der Waals surface area (Å²) in [7, 11) is 0. The molecule has 0 aromatic carbocycles. The van der Waals surface area contributed by atoms with Gasteiger partial charge in [0.15, 0.2) is 5.69 Å². The van der Waals surface area contributed by atoms with E-state index in [-0.39, 0.29) is 5.69 Å².